The zero-order valence-electron chi connectivity index (χ0n) is 19.2. The second kappa shape index (κ2) is 11.4. The van der Waals surface area contributed by atoms with Gasteiger partial charge in [0.1, 0.15) is 11.9 Å². The molecule has 1 aromatic carbocycles. The first-order valence-corrected chi connectivity index (χ1v) is 14.7. The van der Waals surface area contributed by atoms with Crippen LogP contribution in [0.5, 0.6) is 0 Å². The van der Waals surface area contributed by atoms with E-state index in [9.17, 15) is 14.0 Å². The summed E-state index contributed by atoms with van der Waals surface area (Å²) in [5.74, 6) is 0.284. The molecule has 0 bridgehead atoms. The van der Waals surface area contributed by atoms with Crippen molar-refractivity contribution in [3.63, 3.8) is 0 Å². The van der Waals surface area contributed by atoms with Crippen LogP contribution < -0.4 is 5.32 Å². The van der Waals surface area contributed by atoms with Crippen LogP contribution in [0.1, 0.15) is 31.1 Å². The third-order valence-electron chi connectivity index (χ3n) is 5.81. The fourth-order valence-electron chi connectivity index (χ4n) is 2.80. The van der Waals surface area contributed by atoms with Crippen molar-refractivity contribution in [1.29, 1.82) is 0 Å². The van der Waals surface area contributed by atoms with E-state index < -0.39 is 20.2 Å². The predicted octanol–water partition coefficient (Wildman–Crippen LogP) is 3.54. The standard InChI is InChI=1S/C22H35FN2O4SSi/c1-22(2,3)31(4,5)29-14-15-30-16-19(21(27)25-10-12-28-13-11-25)24-20(26)17-6-8-18(23)9-7-17/h6-9,19H,10-16H2,1-5H3,(H,24,26)/t19-/m0/s1. The van der Waals surface area contributed by atoms with Crippen LogP contribution in [-0.4, -0.2) is 75.5 Å². The molecule has 0 aliphatic carbocycles. The highest BCUT2D eigenvalue weighted by Crippen LogP contribution is 2.36. The van der Waals surface area contributed by atoms with Crippen molar-refractivity contribution in [2.24, 2.45) is 0 Å². The Labute approximate surface area is 190 Å². The van der Waals surface area contributed by atoms with E-state index in [1.807, 2.05) is 0 Å². The third-order valence-corrected chi connectivity index (χ3v) is 11.4. The summed E-state index contributed by atoms with van der Waals surface area (Å²) >= 11 is 1.59. The van der Waals surface area contributed by atoms with Crippen molar-refractivity contribution < 1.29 is 23.1 Å². The number of nitrogens with zero attached hydrogens (tertiary/aromatic N) is 1. The monoisotopic (exact) mass is 470 g/mol. The van der Waals surface area contributed by atoms with Crippen LogP contribution in [0.2, 0.25) is 18.1 Å². The average Bonchev–Trinajstić information content (AvgIpc) is 2.72. The van der Waals surface area contributed by atoms with Gasteiger partial charge in [0.25, 0.3) is 5.91 Å². The molecule has 1 aromatic rings. The van der Waals surface area contributed by atoms with E-state index in [0.29, 0.717) is 44.2 Å². The zero-order valence-corrected chi connectivity index (χ0v) is 21.0. The average molecular weight is 471 g/mol. The predicted molar refractivity (Wildman–Crippen MR) is 126 cm³/mol. The Morgan fingerprint density at radius 2 is 1.84 bits per heavy atom. The Hall–Kier alpha value is -1.42. The molecule has 1 heterocycles. The van der Waals surface area contributed by atoms with Crippen molar-refractivity contribution in [2.75, 3.05) is 44.4 Å². The van der Waals surface area contributed by atoms with Gasteiger partial charge in [-0.15, -0.1) is 0 Å². The van der Waals surface area contributed by atoms with Crippen LogP contribution in [0.4, 0.5) is 4.39 Å². The summed E-state index contributed by atoms with van der Waals surface area (Å²) in [7, 11) is -1.81. The van der Waals surface area contributed by atoms with E-state index in [-0.39, 0.29) is 16.9 Å². The number of carbonyl (C=O) groups is 2. The van der Waals surface area contributed by atoms with Gasteiger partial charge in [0.15, 0.2) is 8.32 Å². The number of rotatable bonds is 9. The minimum atomic E-state index is -1.81. The maximum absolute atomic E-state index is 13.2. The maximum atomic E-state index is 13.2. The number of thioether (sulfide) groups is 1. The van der Waals surface area contributed by atoms with Gasteiger partial charge in [-0.25, -0.2) is 4.39 Å². The Bertz CT molecular complexity index is 734. The molecule has 1 atom stereocenters. The molecule has 1 saturated heterocycles. The second-order valence-corrected chi connectivity index (χ2v) is 15.1. The lowest BCUT2D eigenvalue weighted by Crippen LogP contribution is -2.53. The number of halogens is 1. The molecule has 31 heavy (non-hydrogen) atoms. The maximum Gasteiger partial charge on any atom is 0.251 e. The van der Waals surface area contributed by atoms with Crippen molar-refractivity contribution in [3.8, 4) is 0 Å². The van der Waals surface area contributed by atoms with Gasteiger partial charge in [-0.1, -0.05) is 20.8 Å². The van der Waals surface area contributed by atoms with E-state index in [4.69, 9.17) is 9.16 Å². The molecule has 0 radical (unpaired) electrons. The minimum Gasteiger partial charge on any atom is -0.416 e. The summed E-state index contributed by atoms with van der Waals surface area (Å²) in [6, 6.07) is 4.65. The summed E-state index contributed by atoms with van der Waals surface area (Å²) in [6.45, 7) is 13.7. The number of benzene rings is 1. The Kier molecular flexibility index (Phi) is 9.54. The minimum absolute atomic E-state index is 0.114. The summed E-state index contributed by atoms with van der Waals surface area (Å²) in [4.78, 5) is 27.4. The van der Waals surface area contributed by atoms with E-state index in [1.165, 1.54) is 24.3 Å². The molecule has 0 spiro atoms. The SMILES string of the molecule is CC(C)(C)[Si](C)(C)OCCSC[C@H](NC(=O)c1ccc(F)cc1)C(=O)N1CCOCC1. The molecule has 1 aliphatic rings. The fraction of sp³-hybridized carbons (Fsp3) is 0.636. The van der Waals surface area contributed by atoms with E-state index in [0.717, 1.165) is 5.75 Å². The number of carbonyl (C=O) groups excluding carboxylic acids is 2. The Morgan fingerprint density at radius 3 is 2.42 bits per heavy atom. The highest BCUT2D eigenvalue weighted by molar-refractivity contribution is 7.99. The fourth-order valence-corrected chi connectivity index (χ4v) is 4.82. The van der Waals surface area contributed by atoms with E-state index in [1.54, 1.807) is 16.7 Å². The van der Waals surface area contributed by atoms with Gasteiger partial charge in [0.05, 0.1) is 13.2 Å². The van der Waals surface area contributed by atoms with E-state index in [2.05, 4.69) is 39.2 Å². The van der Waals surface area contributed by atoms with Crippen LogP contribution in [0, 0.1) is 5.82 Å². The number of hydrogen-bond donors (Lipinski definition) is 1. The van der Waals surface area contributed by atoms with Gasteiger partial charge in [0, 0.05) is 36.8 Å². The number of nitrogens with one attached hydrogen (secondary N) is 1. The lowest BCUT2D eigenvalue weighted by atomic mass is 10.2. The molecule has 1 fully saturated rings. The molecular weight excluding hydrogens is 435 g/mol. The zero-order chi connectivity index (χ0) is 23.1. The summed E-state index contributed by atoms with van der Waals surface area (Å²) in [6.07, 6.45) is 0. The lowest BCUT2D eigenvalue weighted by molar-refractivity contribution is -0.136. The number of ether oxygens (including phenoxy) is 1. The highest BCUT2D eigenvalue weighted by Gasteiger charge is 2.37. The molecule has 2 rings (SSSR count). The smallest absolute Gasteiger partial charge is 0.251 e. The molecule has 1 N–H and O–H groups in total. The van der Waals surface area contributed by atoms with Crippen LogP contribution >= 0.6 is 11.8 Å². The van der Waals surface area contributed by atoms with E-state index >= 15 is 0 Å². The molecule has 0 aromatic heterocycles. The van der Waals surface area contributed by atoms with Gasteiger partial charge in [-0.05, 0) is 42.4 Å². The Morgan fingerprint density at radius 1 is 1.23 bits per heavy atom. The first-order chi connectivity index (χ1) is 14.5. The highest BCUT2D eigenvalue weighted by atomic mass is 32.2. The molecule has 0 unspecified atom stereocenters. The normalized spacial score (nSPS) is 16.1. The largest absolute Gasteiger partial charge is 0.416 e. The number of hydrogen-bond acceptors (Lipinski definition) is 5. The van der Waals surface area contributed by atoms with Gasteiger partial charge in [-0.3, -0.25) is 9.59 Å². The molecular formula is C22H35FN2O4SSi. The van der Waals surface area contributed by atoms with Crippen molar-refractivity contribution >= 4 is 31.9 Å². The van der Waals surface area contributed by atoms with Crippen molar-refractivity contribution in [3.05, 3.63) is 35.6 Å². The van der Waals surface area contributed by atoms with Gasteiger partial charge in [0.2, 0.25) is 5.91 Å². The number of morpholine rings is 1. The quantitative estimate of drug-likeness (QED) is 0.442. The van der Waals surface area contributed by atoms with Gasteiger partial charge < -0.3 is 19.4 Å². The van der Waals surface area contributed by atoms with Crippen molar-refractivity contribution in [2.45, 2.75) is 44.9 Å². The first-order valence-electron chi connectivity index (χ1n) is 10.7. The first kappa shape index (κ1) is 25.8. The lowest BCUT2D eigenvalue weighted by Gasteiger charge is -2.36. The molecule has 1 aliphatic heterocycles. The Balaban J connectivity index is 1.94. The van der Waals surface area contributed by atoms with Crippen LogP contribution in [0.15, 0.2) is 24.3 Å². The molecule has 2 amide bonds. The summed E-state index contributed by atoms with van der Waals surface area (Å²) in [5.41, 5.74) is 0.326. The van der Waals surface area contributed by atoms with Gasteiger partial charge in [-0.2, -0.15) is 11.8 Å². The third kappa shape index (κ3) is 7.89. The van der Waals surface area contributed by atoms with Crippen molar-refractivity contribution in [1.82, 2.24) is 10.2 Å². The molecule has 0 saturated carbocycles. The van der Waals surface area contributed by atoms with Crippen LogP contribution in [0.25, 0.3) is 0 Å². The molecule has 174 valence electrons. The van der Waals surface area contributed by atoms with Crippen LogP contribution in [-0.2, 0) is 14.0 Å². The second-order valence-electron chi connectivity index (χ2n) is 9.15. The summed E-state index contributed by atoms with van der Waals surface area (Å²) < 4.78 is 24.7. The topological polar surface area (TPSA) is 67.9 Å². The number of amides is 2. The molecule has 6 nitrogen and oxygen atoms in total. The molecule has 9 heteroatoms. The van der Waals surface area contributed by atoms with Crippen LogP contribution in [0.3, 0.4) is 0 Å². The summed E-state index contributed by atoms with van der Waals surface area (Å²) in [5, 5.41) is 2.98. The van der Waals surface area contributed by atoms with Gasteiger partial charge >= 0.3 is 0 Å².